The van der Waals surface area contributed by atoms with Crippen LogP contribution in [0.2, 0.25) is 0 Å². The Hall–Kier alpha value is -3.14. The van der Waals surface area contributed by atoms with Crippen LogP contribution in [0, 0.1) is 6.92 Å². The molecular formula is C18H18N6O3S. The van der Waals surface area contributed by atoms with Crippen LogP contribution < -0.4 is 4.90 Å². The standard InChI is InChI=1S/C18H18N6O3S/c1-12-14-8-13(9-21-17(14)28-22-12)18(26)27-11-16(25)24-6-4-23(5-7-24)15-10-19-2-3-20-15/h2-3,8-10H,4-7,11H2,1H3. The van der Waals surface area contributed by atoms with Gasteiger partial charge in [0.05, 0.1) is 17.5 Å². The number of rotatable bonds is 4. The number of esters is 1. The third kappa shape index (κ3) is 3.77. The van der Waals surface area contributed by atoms with Crippen molar-refractivity contribution in [1.82, 2.24) is 24.2 Å². The van der Waals surface area contributed by atoms with Crippen LogP contribution in [-0.2, 0) is 9.53 Å². The third-order valence-electron chi connectivity index (χ3n) is 4.58. The summed E-state index contributed by atoms with van der Waals surface area (Å²) < 4.78 is 9.41. The highest BCUT2D eigenvalue weighted by atomic mass is 32.1. The van der Waals surface area contributed by atoms with Crippen LogP contribution in [0.15, 0.2) is 30.9 Å². The number of anilines is 1. The first-order valence-corrected chi connectivity index (χ1v) is 9.57. The van der Waals surface area contributed by atoms with Gasteiger partial charge >= 0.3 is 5.97 Å². The zero-order chi connectivity index (χ0) is 19.5. The number of nitrogens with zero attached hydrogens (tertiary/aromatic N) is 6. The lowest BCUT2D eigenvalue weighted by Crippen LogP contribution is -2.50. The molecule has 3 aromatic rings. The maximum Gasteiger partial charge on any atom is 0.340 e. The van der Waals surface area contributed by atoms with E-state index in [4.69, 9.17) is 4.74 Å². The predicted octanol–water partition coefficient (Wildman–Crippen LogP) is 1.30. The number of aryl methyl sites for hydroxylation is 1. The van der Waals surface area contributed by atoms with Crippen molar-refractivity contribution < 1.29 is 14.3 Å². The van der Waals surface area contributed by atoms with E-state index in [1.54, 1.807) is 29.6 Å². The monoisotopic (exact) mass is 398 g/mol. The average molecular weight is 398 g/mol. The number of fused-ring (bicyclic) bond motifs is 1. The maximum absolute atomic E-state index is 12.4. The normalized spacial score (nSPS) is 14.3. The van der Waals surface area contributed by atoms with Gasteiger partial charge in [0.1, 0.15) is 10.6 Å². The number of hydrogen-bond donors (Lipinski definition) is 0. The van der Waals surface area contributed by atoms with Gasteiger partial charge in [-0.15, -0.1) is 0 Å². The van der Waals surface area contributed by atoms with Crippen LogP contribution in [-0.4, -0.2) is 68.9 Å². The van der Waals surface area contributed by atoms with E-state index in [1.165, 1.54) is 17.7 Å². The fourth-order valence-corrected chi connectivity index (χ4v) is 3.72. The molecule has 0 bridgehead atoms. The molecule has 28 heavy (non-hydrogen) atoms. The Labute approximate surface area is 165 Å². The quantitative estimate of drug-likeness (QED) is 0.606. The summed E-state index contributed by atoms with van der Waals surface area (Å²) in [5.41, 5.74) is 1.13. The van der Waals surface area contributed by atoms with Crippen molar-refractivity contribution in [2.24, 2.45) is 0 Å². The van der Waals surface area contributed by atoms with Crippen LogP contribution in [0.25, 0.3) is 10.2 Å². The number of amides is 1. The number of aromatic nitrogens is 4. The van der Waals surface area contributed by atoms with Gasteiger partial charge < -0.3 is 14.5 Å². The highest BCUT2D eigenvalue weighted by Crippen LogP contribution is 2.21. The molecular weight excluding hydrogens is 380 g/mol. The SMILES string of the molecule is Cc1nsc2ncc(C(=O)OCC(=O)N3CCN(c4cnccn4)CC3)cc12. The second kappa shape index (κ2) is 7.85. The Bertz CT molecular complexity index is 1000. The van der Waals surface area contributed by atoms with Crippen molar-refractivity contribution in [2.45, 2.75) is 6.92 Å². The summed E-state index contributed by atoms with van der Waals surface area (Å²) in [5.74, 6) is 0.0169. The lowest BCUT2D eigenvalue weighted by atomic mass is 10.2. The van der Waals surface area contributed by atoms with Gasteiger partial charge in [0.15, 0.2) is 6.61 Å². The zero-order valence-electron chi connectivity index (χ0n) is 15.2. The van der Waals surface area contributed by atoms with Gasteiger partial charge in [-0.2, -0.15) is 4.37 Å². The Morgan fingerprint density at radius 1 is 1.14 bits per heavy atom. The van der Waals surface area contributed by atoms with Crippen molar-refractivity contribution in [3.63, 3.8) is 0 Å². The fourth-order valence-electron chi connectivity index (χ4n) is 3.00. The van der Waals surface area contributed by atoms with Gasteiger partial charge in [0.2, 0.25) is 0 Å². The van der Waals surface area contributed by atoms with Gasteiger partial charge in [0.25, 0.3) is 5.91 Å². The van der Waals surface area contributed by atoms with Crippen molar-refractivity contribution in [3.05, 3.63) is 42.1 Å². The molecule has 0 unspecified atom stereocenters. The number of pyridine rings is 1. The highest BCUT2D eigenvalue weighted by Gasteiger charge is 2.23. The molecule has 1 amide bonds. The van der Waals surface area contributed by atoms with Crippen LogP contribution in [0.1, 0.15) is 16.1 Å². The smallest absolute Gasteiger partial charge is 0.340 e. The summed E-state index contributed by atoms with van der Waals surface area (Å²) in [4.78, 5) is 41.7. The van der Waals surface area contributed by atoms with Crippen LogP contribution in [0.4, 0.5) is 5.82 Å². The number of hydrogen-bond acceptors (Lipinski definition) is 9. The van der Waals surface area contributed by atoms with Crippen LogP contribution in [0.3, 0.4) is 0 Å². The van der Waals surface area contributed by atoms with Crippen molar-refractivity contribution >= 4 is 39.4 Å². The molecule has 1 aliphatic rings. The lowest BCUT2D eigenvalue weighted by Gasteiger charge is -2.35. The minimum Gasteiger partial charge on any atom is -0.452 e. The number of carbonyl (C=O) groups is 2. The Balaban J connectivity index is 1.30. The van der Waals surface area contributed by atoms with Crippen molar-refractivity contribution in [2.75, 3.05) is 37.7 Å². The predicted molar refractivity (Wildman–Crippen MR) is 103 cm³/mol. The van der Waals surface area contributed by atoms with E-state index < -0.39 is 5.97 Å². The Morgan fingerprint density at radius 2 is 1.96 bits per heavy atom. The van der Waals surface area contributed by atoms with Gasteiger partial charge in [0, 0.05) is 50.2 Å². The molecule has 0 aromatic carbocycles. The first kappa shape index (κ1) is 18.2. The van der Waals surface area contributed by atoms with E-state index in [-0.39, 0.29) is 12.5 Å². The minimum absolute atomic E-state index is 0.213. The summed E-state index contributed by atoms with van der Waals surface area (Å²) in [6.45, 7) is 3.97. The molecule has 1 aliphatic heterocycles. The molecule has 1 fully saturated rings. The Kier molecular flexibility index (Phi) is 5.11. The van der Waals surface area contributed by atoms with Gasteiger partial charge in [-0.25, -0.2) is 14.8 Å². The lowest BCUT2D eigenvalue weighted by molar-refractivity contribution is -0.134. The number of piperazine rings is 1. The molecule has 3 aromatic heterocycles. The molecule has 4 heterocycles. The van der Waals surface area contributed by atoms with Crippen molar-refractivity contribution in [1.29, 1.82) is 0 Å². The molecule has 144 valence electrons. The van der Waals surface area contributed by atoms with E-state index in [2.05, 4.69) is 24.2 Å². The minimum atomic E-state index is -0.563. The summed E-state index contributed by atoms with van der Waals surface area (Å²) >= 11 is 1.28. The summed E-state index contributed by atoms with van der Waals surface area (Å²) in [6.07, 6.45) is 6.43. The van der Waals surface area contributed by atoms with Gasteiger partial charge in [-0.1, -0.05) is 0 Å². The van der Waals surface area contributed by atoms with E-state index in [1.807, 2.05) is 6.92 Å². The molecule has 0 N–H and O–H groups in total. The van der Waals surface area contributed by atoms with E-state index in [9.17, 15) is 9.59 Å². The molecule has 0 saturated carbocycles. The molecule has 9 nitrogen and oxygen atoms in total. The van der Waals surface area contributed by atoms with Gasteiger partial charge in [-0.05, 0) is 24.5 Å². The van der Waals surface area contributed by atoms with Gasteiger partial charge in [-0.3, -0.25) is 9.78 Å². The summed E-state index contributed by atoms with van der Waals surface area (Å²) in [7, 11) is 0. The van der Waals surface area contributed by atoms with Crippen molar-refractivity contribution in [3.8, 4) is 0 Å². The van der Waals surface area contributed by atoms with Crippen LogP contribution >= 0.6 is 11.5 Å². The molecule has 1 saturated heterocycles. The molecule has 0 spiro atoms. The first-order chi connectivity index (χ1) is 13.6. The topological polar surface area (TPSA) is 101 Å². The number of carbonyl (C=O) groups excluding carboxylic acids is 2. The first-order valence-electron chi connectivity index (χ1n) is 8.80. The average Bonchev–Trinajstić information content (AvgIpc) is 3.12. The molecule has 10 heteroatoms. The van der Waals surface area contributed by atoms with E-state index >= 15 is 0 Å². The molecule has 0 aliphatic carbocycles. The third-order valence-corrected chi connectivity index (χ3v) is 5.44. The molecule has 0 radical (unpaired) electrons. The van der Waals surface area contributed by atoms with Crippen LogP contribution in [0.5, 0.6) is 0 Å². The molecule has 0 atom stereocenters. The summed E-state index contributed by atoms with van der Waals surface area (Å²) in [5, 5.41) is 0.825. The Morgan fingerprint density at radius 3 is 2.71 bits per heavy atom. The summed E-state index contributed by atoms with van der Waals surface area (Å²) in [6, 6.07) is 1.70. The molecule has 4 rings (SSSR count). The second-order valence-electron chi connectivity index (χ2n) is 6.35. The fraction of sp³-hybridized carbons (Fsp3) is 0.333. The second-order valence-corrected chi connectivity index (χ2v) is 7.10. The largest absolute Gasteiger partial charge is 0.452 e. The van der Waals surface area contributed by atoms with E-state index in [0.717, 1.165) is 21.7 Å². The highest BCUT2D eigenvalue weighted by molar-refractivity contribution is 7.12. The van der Waals surface area contributed by atoms with E-state index in [0.29, 0.717) is 31.7 Å². The zero-order valence-corrected chi connectivity index (χ0v) is 16.1. The maximum atomic E-state index is 12.4. The number of ether oxygens (including phenoxy) is 1.